The second-order valence-corrected chi connectivity index (χ2v) is 6.74. The molecule has 0 aliphatic rings. The maximum Gasteiger partial charge on any atom is 0.134 e. The molecule has 1 heterocycles. The van der Waals surface area contributed by atoms with Crippen molar-refractivity contribution < 1.29 is 0 Å². The van der Waals surface area contributed by atoms with Crippen molar-refractivity contribution in [1.82, 2.24) is 4.98 Å². The summed E-state index contributed by atoms with van der Waals surface area (Å²) in [6.45, 7) is 6.22. The van der Waals surface area contributed by atoms with Gasteiger partial charge < -0.3 is 0 Å². The van der Waals surface area contributed by atoms with E-state index in [9.17, 15) is 5.26 Å². The van der Waals surface area contributed by atoms with Crippen molar-refractivity contribution in [3.05, 3.63) is 75.1 Å². The van der Waals surface area contributed by atoms with Crippen molar-refractivity contribution in [3.8, 4) is 17.3 Å². The minimum Gasteiger partial charge on any atom is -0.235 e. The smallest absolute Gasteiger partial charge is 0.134 e. The van der Waals surface area contributed by atoms with Crippen molar-refractivity contribution in [3.63, 3.8) is 0 Å². The van der Waals surface area contributed by atoms with Gasteiger partial charge in [0.15, 0.2) is 0 Å². The van der Waals surface area contributed by atoms with E-state index < -0.39 is 0 Å². The summed E-state index contributed by atoms with van der Waals surface area (Å²) in [7, 11) is 0. The van der Waals surface area contributed by atoms with E-state index in [1.165, 1.54) is 22.5 Å². The zero-order valence-electron chi connectivity index (χ0n) is 14.0. The topological polar surface area (TPSA) is 36.7 Å². The Bertz CT molecular complexity index is 958. The van der Waals surface area contributed by atoms with E-state index in [1.807, 2.05) is 42.6 Å². The summed E-state index contributed by atoms with van der Waals surface area (Å²) in [6.07, 6.45) is 1.92. The fraction of sp³-hybridized carbons (Fsp3) is 0.143. The molecule has 0 radical (unpaired) electrons. The van der Waals surface area contributed by atoms with Crippen molar-refractivity contribution in [2.45, 2.75) is 20.8 Å². The molecule has 0 spiro atoms. The van der Waals surface area contributed by atoms with Gasteiger partial charge in [0.05, 0.1) is 11.3 Å². The van der Waals surface area contributed by atoms with Gasteiger partial charge in [-0.1, -0.05) is 48.0 Å². The summed E-state index contributed by atoms with van der Waals surface area (Å²) in [5, 5.41) is 12.3. The molecule has 2 nitrogen and oxygen atoms in total. The van der Waals surface area contributed by atoms with Gasteiger partial charge in [-0.15, -0.1) is 11.3 Å². The zero-order valence-corrected chi connectivity index (χ0v) is 14.8. The molecule has 24 heavy (non-hydrogen) atoms. The van der Waals surface area contributed by atoms with Crippen LogP contribution in [0.5, 0.6) is 0 Å². The first kappa shape index (κ1) is 16.2. The summed E-state index contributed by atoms with van der Waals surface area (Å²) in [4.78, 5) is 4.70. The van der Waals surface area contributed by atoms with E-state index in [0.29, 0.717) is 5.57 Å². The predicted octanol–water partition coefficient (Wildman–Crippen LogP) is 5.80. The van der Waals surface area contributed by atoms with Crippen molar-refractivity contribution >= 4 is 23.0 Å². The molecule has 2 aromatic carbocycles. The molecule has 0 N–H and O–H groups in total. The molecular weight excluding hydrogens is 312 g/mol. The monoisotopic (exact) mass is 330 g/mol. The first-order chi connectivity index (χ1) is 11.6. The minimum absolute atomic E-state index is 0.602. The maximum atomic E-state index is 9.55. The van der Waals surface area contributed by atoms with Gasteiger partial charge in [-0.2, -0.15) is 5.26 Å². The van der Waals surface area contributed by atoms with E-state index in [4.69, 9.17) is 4.98 Å². The van der Waals surface area contributed by atoms with E-state index in [2.05, 4.69) is 38.1 Å². The second-order valence-electron chi connectivity index (χ2n) is 5.88. The lowest BCUT2D eigenvalue weighted by Crippen LogP contribution is -1.87. The van der Waals surface area contributed by atoms with Crippen LogP contribution in [-0.2, 0) is 0 Å². The van der Waals surface area contributed by atoms with Crippen LogP contribution in [0, 0.1) is 32.1 Å². The Labute approximate surface area is 146 Å². The van der Waals surface area contributed by atoms with E-state index in [-0.39, 0.29) is 0 Å². The Morgan fingerprint density at radius 3 is 2.58 bits per heavy atom. The molecule has 0 saturated carbocycles. The number of aryl methyl sites for hydroxylation is 3. The molecule has 0 saturated heterocycles. The Kier molecular flexibility index (Phi) is 4.59. The average molecular weight is 330 g/mol. The molecule has 0 unspecified atom stereocenters. The lowest BCUT2D eigenvalue weighted by atomic mass is 10.0. The van der Waals surface area contributed by atoms with Crippen LogP contribution < -0.4 is 0 Å². The number of hydrogen-bond donors (Lipinski definition) is 0. The molecule has 3 heteroatoms. The molecule has 3 rings (SSSR count). The number of nitriles is 1. The van der Waals surface area contributed by atoms with Gasteiger partial charge in [-0.05, 0) is 43.5 Å². The van der Waals surface area contributed by atoms with Crippen molar-refractivity contribution in [1.29, 1.82) is 5.26 Å². The maximum absolute atomic E-state index is 9.55. The fourth-order valence-electron chi connectivity index (χ4n) is 2.67. The standard InChI is InChI=1S/C21H18N2S/c1-14-8-9-19(16(3)10-14)20-13-24-21(23-20)18(12-22)11-17-7-5-4-6-15(17)2/h4-11,13H,1-3H3/b18-11+. The molecular formula is C21H18N2S. The van der Waals surface area contributed by atoms with Crippen LogP contribution in [0.1, 0.15) is 27.3 Å². The van der Waals surface area contributed by atoms with Crippen LogP contribution in [0.2, 0.25) is 0 Å². The van der Waals surface area contributed by atoms with Crippen LogP contribution in [0.4, 0.5) is 0 Å². The Hall–Kier alpha value is -2.70. The van der Waals surface area contributed by atoms with Gasteiger partial charge in [-0.3, -0.25) is 0 Å². The highest BCUT2D eigenvalue weighted by Crippen LogP contribution is 2.29. The summed E-state index contributed by atoms with van der Waals surface area (Å²) in [5.74, 6) is 0. The number of allylic oxidation sites excluding steroid dienone is 1. The zero-order chi connectivity index (χ0) is 17.1. The number of benzene rings is 2. The first-order valence-corrected chi connectivity index (χ1v) is 8.67. The Morgan fingerprint density at radius 1 is 1.08 bits per heavy atom. The van der Waals surface area contributed by atoms with E-state index >= 15 is 0 Å². The number of thiazole rings is 1. The largest absolute Gasteiger partial charge is 0.235 e. The van der Waals surface area contributed by atoms with Gasteiger partial charge >= 0.3 is 0 Å². The quantitative estimate of drug-likeness (QED) is 0.569. The van der Waals surface area contributed by atoms with Gasteiger partial charge in [0.2, 0.25) is 0 Å². The summed E-state index contributed by atoms with van der Waals surface area (Å²) < 4.78 is 0. The molecule has 0 bridgehead atoms. The number of rotatable bonds is 3. The van der Waals surface area contributed by atoms with Crippen molar-refractivity contribution in [2.24, 2.45) is 0 Å². The third-order valence-corrected chi connectivity index (χ3v) is 4.88. The number of nitrogens with zero attached hydrogens (tertiary/aromatic N) is 2. The first-order valence-electron chi connectivity index (χ1n) is 7.79. The van der Waals surface area contributed by atoms with E-state index in [1.54, 1.807) is 0 Å². The minimum atomic E-state index is 0.602. The summed E-state index contributed by atoms with van der Waals surface area (Å²) in [6, 6.07) is 16.7. The fourth-order valence-corrected chi connectivity index (χ4v) is 3.45. The summed E-state index contributed by atoms with van der Waals surface area (Å²) in [5.41, 5.74) is 7.30. The molecule has 0 aliphatic carbocycles. The van der Waals surface area contributed by atoms with Gasteiger partial charge in [0.1, 0.15) is 11.1 Å². The summed E-state index contributed by atoms with van der Waals surface area (Å²) >= 11 is 1.51. The van der Waals surface area contributed by atoms with Crippen LogP contribution in [0.3, 0.4) is 0 Å². The third-order valence-electron chi connectivity index (χ3n) is 4.00. The number of hydrogen-bond acceptors (Lipinski definition) is 3. The Morgan fingerprint density at radius 2 is 1.88 bits per heavy atom. The Balaban J connectivity index is 2.00. The lowest BCUT2D eigenvalue weighted by Gasteiger charge is -2.03. The number of aromatic nitrogens is 1. The van der Waals surface area contributed by atoms with Crippen LogP contribution >= 0.6 is 11.3 Å². The molecule has 0 atom stereocenters. The molecule has 1 aromatic heterocycles. The normalized spacial score (nSPS) is 11.3. The SMILES string of the molecule is Cc1ccc(-c2csc(/C(C#N)=C/c3ccccc3C)n2)c(C)c1. The van der Waals surface area contributed by atoms with Crippen LogP contribution in [0.15, 0.2) is 47.8 Å². The van der Waals surface area contributed by atoms with E-state index in [0.717, 1.165) is 27.4 Å². The molecule has 0 fully saturated rings. The highest BCUT2D eigenvalue weighted by Gasteiger charge is 2.11. The second kappa shape index (κ2) is 6.82. The molecule has 3 aromatic rings. The molecule has 118 valence electrons. The highest BCUT2D eigenvalue weighted by molar-refractivity contribution is 7.11. The van der Waals surface area contributed by atoms with Crippen LogP contribution in [-0.4, -0.2) is 4.98 Å². The molecule has 0 amide bonds. The molecule has 0 aliphatic heterocycles. The van der Waals surface area contributed by atoms with Gasteiger partial charge in [0, 0.05) is 10.9 Å². The van der Waals surface area contributed by atoms with Gasteiger partial charge in [-0.25, -0.2) is 4.98 Å². The predicted molar refractivity (Wildman–Crippen MR) is 102 cm³/mol. The highest BCUT2D eigenvalue weighted by atomic mass is 32.1. The average Bonchev–Trinajstić information content (AvgIpc) is 3.03. The third kappa shape index (κ3) is 3.29. The van der Waals surface area contributed by atoms with Gasteiger partial charge in [0.25, 0.3) is 0 Å². The van der Waals surface area contributed by atoms with Crippen LogP contribution in [0.25, 0.3) is 22.9 Å². The van der Waals surface area contributed by atoms with Crippen molar-refractivity contribution in [2.75, 3.05) is 0 Å². The lowest BCUT2D eigenvalue weighted by molar-refractivity contribution is 1.32.